The van der Waals surface area contributed by atoms with E-state index in [2.05, 4.69) is 13.8 Å². The Labute approximate surface area is 122 Å². The Bertz CT molecular complexity index is 464. The minimum atomic E-state index is -0.905. The molecule has 0 bridgehead atoms. The van der Waals surface area contributed by atoms with Crippen LogP contribution in [0.3, 0.4) is 0 Å². The van der Waals surface area contributed by atoms with Crippen LogP contribution >= 0.6 is 0 Å². The zero-order valence-electron chi connectivity index (χ0n) is 12.4. The maximum Gasteiger partial charge on any atom is 0.117 e. The van der Waals surface area contributed by atoms with Gasteiger partial charge in [-0.1, -0.05) is 87.4 Å². The number of hydrogen-bond donors (Lipinski definition) is 1. The van der Waals surface area contributed by atoms with E-state index in [1.54, 1.807) is 0 Å². The minimum absolute atomic E-state index is 0.187. The second kappa shape index (κ2) is 6.71. The molecule has 0 heterocycles. The molecule has 0 saturated heterocycles. The van der Waals surface area contributed by atoms with E-state index in [1.807, 2.05) is 60.7 Å². The molecule has 1 nitrogen and oxygen atoms in total. The molecule has 0 fully saturated rings. The summed E-state index contributed by atoms with van der Waals surface area (Å²) in [6, 6.07) is 20.1. The minimum Gasteiger partial charge on any atom is -0.380 e. The largest absolute Gasteiger partial charge is 0.380 e. The van der Waals surface area contributed by atoms with Gasteiger partial charge in [0.2, 0.25) is 0 Å². The number of rotatable bonds is 6. The van der Waals surface area contributed by atoms with Crippen molar-refractivity contribution in [2.45, 2.75) is 38.7 Å². The highest BCUT2D eigenvalue weighted by atomic mass is 16.3. The van der Waals surface area contributed by atoms with Gasteiger partial charge in [-0.25, -0.2) is 0 Å². The van der Waals surface area contributed by atoms with Crippen LogP contribution in [0.15, 0.2) is 60.7 Å². The molecule has 1 N–H and O–H groups in total. The van der Waals surface area contributed by atoms with E-state index in [0.29, 0.717) is 0 Å². The lowest BCUT2D eigenvalue weighted by molar-refractivity contribution is 0.0193. The summed E-state index contributed by atoms with van der Waals surface area (Å²) in [6.07, 6.45) is 3.32. The van der Waals surface area contributed by atoms with Crippen LogP contribution in [-0.4, -0.2) is 5.11 Å². The number of aliphatic hydroxyl groups is 1. The van der Waals surface area contributed by atoms with Crippen molar-refractivity contribution >= 4 is 0 Å². The molecule has 2 aromatic carbocycles. The van der Waals surface area contributed by atoms with E-state index in [1.165, 1.54) is 0 Å². The van der Waals surface area contributed by atoms with Crippen molar-refractivity contribution in [2.24, 2.45) is 5.92 Å². The van der Waals surface area contributed by atoms with Gasteiger partial charge in [0.05, 0.1) is 0 Å². The Morgan fingerprint density at radius 2 is 1.35 bits per heavy atom. The first kappa shape index (κ1) is 14.8. The van der Waals surface area contributed by atoms with Crippen molar-refractivity contribution < 1.29 is 5.11 Å². The van der Waals surface area contributed by atoms with Crippen LogP contribution in [0.4, 0.5) is 0 Å². The van der Waals surface area contributed by atoms with Gasteiger partial charge >= 0.3 is 0 Å². The summed E-state index contributed by atoms with van der Waals surface area (Å²) in [7, 11) is 0. The Hall–Kier alpha value is -1.60. The van der Waals surface area contributed by atoms with E-state index in [9.17, 15) is 5.11 Å². The summed E-state index contributed by atoms with van der Waals surface area (Å²) < 4.78 is 0. The standard InChI is InChI=1S/C19H24O/c1-3-4-11-16(2)19(20,17-12-7-5-8-13-17)18-14-9-6-10-15-18/h5-10,12-16,20H,3-4,11H2,1-2H3/t16-/m0/s1. The van der Waals surface area contributed by atoms with Gasteiger partial charge < -0.3 is 5.11 Å². The highest BCUT2D eigenvalue weighted by Crippen LogP contribution is 2.38. The summed E-state index contributed by atoms with van der Waals surface area (Å²) >= 11 is 0. The molecule has 0 aliphatic heterocycles. The Kier molecular flexibility index (Phi) is 4.97. The summed E-state index contributed by atoms with van der Waals surface area (Å²) in [5.41, 5.74) is 1.06. The van der Waals surface area contributed by atoms with Crippen molar-refractivity contribution in [3.8, 4) is 0 Å². The van der Waals surface area contributed by atoms with Gasteiger partial charge in [0.25, 0.3) is 0 Å². The van der Waals surface area contributed by atoms with Crippen molar-refractivity contribution in [1.82, 2.24) is 0 Å². The van der Waals surface area contributed by atoms with E-state index in [4.69, 9.17) is 0 Å². The fourth-order valence-corrected chi connectivity index (χ4v) is 2.84. The van der Waals surface area contributed by atoms with Crippen LogP contribution in [-0.2, 0) is 5.60 Å². The number of unbranched alkanes of at least 4 members (excludes halogenated alkanes) is 1. The first-order valence-corrected chi connectivity index (χ1v) is 7.53. The van der Waals surface area contributed by atoms with Gasteiger partial charge in [-0.15, -0.1) is 0 Å². The average Bonchev–Trinajstić information content (AvgIpc) is 2.53. The molecular weight excluding hydrogens is 244 g/mol. The third-order valence-electron chi connectivity index (χ3n) is 4.13. The predicted octanol–water partition coefficient (Wildman–Crippen LogP) is 4.75. The van der Waals surface area contributed by atoms with Gasteiger partial charge in [0.15, 0.2) is 0 Å². The molecule has 0 aliphatic carbocycles. The summed E-state index contributed by atoms with van der Waals surface area (Å²) in [4.78, 5) is 0. The normalized spacial score (nSPS) is 13.2. The molecule has 0 spiro atoms. The van der Waals surface area contributed by atoms with Crippen molar-refractivity contribution in [1.29, 1.82) is 0 Å². The topological polar surface area (TPSA) is 20.2 Å². The fraction of sp³-hybridized carbons (Fsp3) is 0.368. The number of hydrogen-bond acceptors (Lipinski definition) is 1. The van der Waals surface area contributed by atoms with Crippen LogP contribution in [0.2, 0.25) is 0 Å². The van der Waals surface area contributed by atoms with E-state index < -0.39 is 5.60 Å². The molecule has 106 valence electrons. The molecule has 1 heteroatoms. The first-order valence-electron chi connectivity index (χ1n) is 7.53. The monoisotopic (exact) mass is 268 g/mol. The summed E-state index contributed by atoms with van der Waals surface area (Å²) in [6.45, 7) is 4.34. The molecule has 2 rings (SSSR count). The van der Waals surface area contributed by atoms with E-state index in [0.717, 1.165) is 30.4 Å². The molecule has 1 atom stereocenters. The first-order chi connectivity index (χ1) is 9.69. The molecule has 0 unspecified atom stereocenters. The Balaban J connectivity index is 2.43. The van der Waals surface area contributed by atoms with Crippen molar-refractivity contribution in [2.75, 3.05) is 0 Å². The third-order valence-corrected chi connectivity index (χ3v) is 4.13. The maximum absolute atomic E-state index is 11.4. The average molecular weight is 268 g/mol. The molecule has 0 aliphatic rings. The lowest BCUT2D eigenvalue weighted by atomic mass is 9.75. The third kappa shape index (κ3) is 2.94. The van der Waals surface area contributed by atoms with Crippen LogP contribution in [0.5, 0.6) is 0 Å². The lowest BCUT2D eigenvalue weighted by Crippen LogP contribution is -2.35. The van der Waals surface area contributed by atoms with E-state index in [-0.39, 0.29) is 5.92 Å². The van der Waals surface area contributed by atoms with Crippen LogP contribution in [0, 0.1) is 5.92 Å². The second-order valence-electron chi connectivity index (χ2n) is 5.54. The van der Waals surface area contributed by atoms with Gasteiger partial charge in [0, 0.05) is 0 Å². The van der Waals surface area contributed by atoms with Crippen molar-refractivity contribution in [3.05, 3.63) is 71.8 Å². The highest BCUT2D eigenvalue weighted by molar-refractivity contribution is 5.36. The molecule has 0 amide bonds. The van der Waals surface area contributed by atoms with Gasteiger partial charge in [-0.2, -0.15) is 0 Å². The molecule has 0 saturated carbocycles. The van der Waals surface area contributed by atoms with Crippen LogP contribution in [0.25, 0.3) is 0 Å². The van der Waals surface area contributed by atoms with Gasteiger partial charge in [0.1, 0.15) is 5.60 Å². The van der Waals surface area contributed by atoms with E-state index >= 15 is 0 Å². The van der Waals surface area contributed by atoms with Gasteiger partial charge in [-0.3, -0.25) is 0 Å². The molecular formula is C19H24O. The lowest BCUT2D eigenvalue weighted by Gasteiger charge is -2.35. The summed E-state index contributed by atoms with van der Waals surface area (Å²) in [5.74, 6) is 0.187. The van der Waals surface area contributed by atoms with Crippen LogP contribution in [0.1, 0.15) is 44.2 Å². The molecule has 20 heavy (non-hydrogen) atoms. The highest BCUT2D eigenvalue weighted by Gasteiger charge is 2.36. The fourth-order valence-electron chi connectivity index (χ4n) is 2.84. The van der Waals surface area contributed by atoms with Gasteiger partial charge in [-0.05, 0) is 23.5 Å². The van der Waals surface area contributed by atoms with Crippen molar-refractivity contribution in [3.63, 3.8) is 0 Å². The Morgan fingerprint density at radius 1 is 0.900 bits per heavy atom. The maximum atomic E-state index is 11.4. The molecule has 0 aromatic heterocycles. The second-order valence-corrected chi connectivity index (χ2v) is 5.54. The zero-order valence-corrected chi connectivity index (χ0v) is 12.4. The SMILES string of the molecule is CCCC[C@H](C)C(O)(c1ccccc1)c1ccccc1. The number of benzene rings is 2. The molecule has 0 radical (unpaired) electrons. The predicted molar refractivity (Wildman–Crippen MR) is 84.6 cm³/mol. The summed E-state index contributed by atoms with van der Waals surface area (Å²) in [5, 5.41) is 11.4. The molecule has 2 aromatic rings. The smallest absolute Gasteiger partial charge is 0.117 e. The van der Waals surface area contributed by atoms with Crippen LogP contribution < -0.4 is 0 Å². The Morgan fingerprint density at radius 3 is 1.75 bits per heavy atom. The zero-order chi connectivity index (χ0) is 14.4. The quantitative estimate of drug-likeness (QED) is 0.801.